The molecule has 4 rings (SSSR count). The van der Waals surface area contributed by atoms with Gasteiger partial charge in [0.05, 0.1) is 39.9 Å². The standard InChI is InChI=1S/C30H39F3N4O5S/c1-4-43(40,41)24-11-7-20(8-12-24)25(17-42-29(34)39)36-28(38)21-13-22-16-37(27(18(2)3)26(22)35-14-21)15-19-5-9-23(10-6-19)30(31,32)33/h7-8,11-14,18-19,23,25,27H,4-6,9-10,15-17H2,1-3H3,(H2,34,39)(H,36,38)/t19?,23?,25-,27+/m1/s1. The first-order valence-corrected chi connectivity index (χ1v) is 16.2. The molecule has 0 bridgehead atoms. The molecule has 0 saturated heterocycles. The third kappa shape index (κ3) is 7.86. The van der Waals surface area contributed by atoms with E-state index in [0.29, 0.717) is 37.1 Å². The Morgan fingerprint density at radius 3 is 2.35 bits per heavy atom. The molecular weight excluding hydrogens is 585 g/mol. The zero-order valence-corrected chi connectivity index (χ0v) is 25.4. The van der Waals surface area contributed by atoms with Gasteiger partial charge in [0.25, 0.3) is 5.91 Å². The van der Waals surface area contributed by atoms with E-state index in [0.717, 1.165) is 11.3 Å². The van der Waals surface area contributed by atoms with Crippen LogP contribution in [-0.4, -0.2) is 55.4 Å². The van der Waals surface area contributed by atoms with E-state index in [4.69, 9.17) is 10.5 Å². The number of primary amides is 1. The summed E-state index contributed by atoms with van der Waals surface area (Å²) in [6, 6.07) is 6.92. The second-order valence-electron chi connectivity index (χ2n) is 11.8. The summed E-state index contributed by atoms with van der Waals surface area (Å²) in [6.07, 6.45) is -2.30. The number of hydrogen-bond acceptors (Lipinski definition) is 7. The van der Waals surface area contributed by atoms with Crippen LogP contribution < -0.4 is 11.1 Å². The maximum atomic E-state index is 13.3. The minimum atomic E-state index is -4.14. The molecule has 1 fully saturated rings. The van der Waals surface area contributed by atoms with Crippen molar-refractivity contribution in [3.8, 4) is 0 Å². The lowest BCUT2D eigenvalue weighted by atomic mass is 9.81. The number of carbonyl (C=O) groups excluding carboxylic acids is 2. The zero-order valence-electron chi connectivity index (χ0n) is 24.6. The van der Waals surface area contributed by atoms with Gasteiger partial charge < -0.3 is 15.8 Å². The predicted octanol–water partition coefficient (Wildman–Crippen LogP) is 5.32. The second-order valence-corrected chi connectivity index (χ2v) is 14.1. The van der Waals surface area contributed by atoms with E-state index in [9.17, 15) is 31.2 Å². The van der Waals surface area contributed by atoms with E-state index < -0.39 is 40.0 Å². The minimum absolute atomic E-state index is 0.0120. The van der Waals surface area contributed by atoms with Gasteiger partial charge in [0, 0.05) is 19.3 Å². The third-order valence-electron chi connectivity index (χ3n) is 8.46. The largest absolute Gasteiger partial charge is 0.447 e. The van der Waals surface area contributed by atoms with Crippen LogP contribution in [0.15, 0.2) is 41.4 Å². The van der Waals surface area contributed by atoms with Gasteiger partial charge in [-0.15, -0.1) is 0 Å². The van der Waals surface area contributed by atoms with Crippen LogP contribution in [0.25, 0.3) is 0 Å². The Kier molecular flexibility index (Phi) is 10.1. The molecule has 1 aromatic carbocycles. The summed E-state index contributed by atoms with van der Waals surface area (Å²) < 4.78 is 68.8. The molecule has 2 amide bonds. The van der Waals surface area contributed by atoms with Gasteiger partial charge in [-0.25, -0.2) is 13.2 Å². The summed E-state index contributed by atoms with van der Waals surface area (Å²) in [7, 11) is -3.42. The fraction of sp³-hybridized carbons (Fsp3) is 0.567. The topological polar surface area (TPSA) is 132 Å². The van der Waals surface area contributed by atoms with Gasteiger partial charge in [-0.2, -0.15) is 13.2 Å². The van der Waals surface area contributed by atoms with Gasteiger partial charge in [0.15, 0.2) is 9.84 Å². The van der Waals surface area contributed by atoms with E-state index >= 15 is 0 Å². The summed E-state index contributed by atoms with van der Waals surface area (Å²) in [5, 5.41) is 2.83. The molecule has 0 radical (unpaired) electrons. The van der Waals surface area contributed by atoms with E-state index in [2.05, 4.69) is 29.0 Å². The first kappa shape index (κ1) is 32.7. The summed E-state index contributed by atoms with van der Waals surface area (Å²) >= 11 is 0. The number of amides is 2. The summed E-state index contributed by atoms with van der Waals surface area (Å²) in [4.78, 5) is 31.7. The van der Waals surface area contributed by atoms with Crippen molar-refractivity contribution in [2.75, 3.05) is 18.9 Å². The molecule has 2 heterocycles. The molecule has 13 heteroatoms. The molecule has 2 aliphatic rings. The van der Waals surface area contributed by atoms with Gasteiger partial charge in [0.1, 0.15) is 6.61 Å². The fourth-order valence-corrected chi connectivity index (χ4v) is 7.03. The van der Waals surface area contributed by atoms with Crippen LogP contribution in [0.2, 0.25) is 0 Å². The number of sulfone groups is 1. The summed E-state index contributed by atoms with van der Waals surface area (Å²) in [5.74, 6) is -1.38. The number of nitrogens with one attached hydrogen (secondary N) is 1. The first-order chi connectivity index (χ1) is 20.2. The Hall–Kier alpha value is -3.19. The predicted molar refractivity (Wildman–Crippen MR) is 154 cm³/mol. The van der Waals surface area contributed by atoms with Gasteiger partial charge in [-0.3, -0.25) is 14.7 Å². The Morgan fingerprint density at radius 2 is 1.79 bits per heavy atom. The fourth-order valence-electron chi connectivity index (χ4n) is 6.15. The average Bonchev–Trinajstić information content (AvgIpc) is 3.32. The van der Waals surface area contributed by atoms with Gasteiger partial charge in [-0.05, 0) is 66.8 Å². The molecule has 2 aromatic rings. The number of fused-ring (bicyclic) bond motifs is 1. The van der Waals surface area contributed by atoms with E-state index in [1.165, 1.54) is 18.3 Å². The van der Waals surface area contributed by atoms with E-state index in [-0.39, 0.29) is 48.0 Å². The second kappa shape index (κ2) is 13.2. The van der Waals surface area contributed by atoms with Crippen LogP contribution in [0.1, 0.15) is 85.7 Å². The lowest BCUT2D eigenvalue weighted by molar-refractivity contribution is -0.184. The number of rotatable bonds is 10. The SMILES string of the molecule is CCS(=O)(=O)c1ccc([C@@H](COC(N)=O)NC(=O)c2cnc3c(c2)CN(CC2CCC(C(F)(F)F)CC2)[C@H]3C(C)C)cc1. The Balaban J connectivity index is 1.48. The van der Waals surface area contributed by atoms with Crippen molar-refractivity contribution in [3.63, 3.8) is 0 Å². The Labute approximate surface area is 250 Å². The van der Waals surface area contributed by atoms with Crippen LogP contribution in [0, 0.1) is 17.8 Å². The van der Waals surface area contributed by atoms with Crippen LogP contribution in [-0.2, 0) is 21.1 Å². The van der Waals surface area contributed by atoms with Crippen molar-refractivity contribution >= 4 is 21.8 Å². The van der Waals surface area contributed by atoms with Crippen molar-refractivity contribution in [1.82, 2.24) is 15.2 Å². The maximum Gasteiger partial charge on any atom is 0.404 e. The number of pyridine rings is 1. The Bertz CT molecular complexity index is 1410. The Morgan fingerprint density at radius 1 is 1.14 bits per heavy atom. The maximum absolute atomic E-state index is 13.3. The quantitative estimate of drug-likeness (QED) is 0.366. The highest BCUT2D eigenvalue weighted by molar-refractivity contribution is 7.91. The lowest BCUT2D eigenvalue weighted by Gasteiger charge is -2.35. The lowest BCUT2D eigenvalue weighted by Crippen LogP contribution is -2.35. The first-order valence-electron chi connectivity index (χ1n) is 14.5. The van der Waals surface area contributed by atoms with Gasteiger partial charge in [-0.1, -0.05) is 32.9 Å². The highest BCUT2D eigenvalue weighted by Gasteiger charge is 2.42. The molecule has 3 N–H and O–H groups in total. The number of halogens is 3. The smallest absolute Gasteiger partial charge is 0.404 e. The number of hydrogen-bond donors (Lipinski definition) is 2. The molecule has 0 spiro atoms. The van der Waals surface area contributed by atoms with Crippen molar-refractivity contribution < 1.29 is 35.9 Å². The summed E-state index contributed by atoms with van der Waals surface area (Å²) in [6.45, 7) is 6.64. The molecule has 2 atom stereocenters. The minimum Gasteiger partial charge on any atom is -0.447 e. The highest BCUT2D eigenvalue weighted by atomic mass is 32.2. The number of carbonyl (C=O) groups is 2. The molecule has 1 saturated carbocycles. The third-order valence-corrected chi connectivity index (χ3v) is 10.2. The molecule has 9 nitrogen and oxygen atoms in total. The number of nitrogens with two attached hydrogens (primary N) is 1. The molecule has 236 valence electrons. The van der Waals surface area contributed by atoms with Crippen LogP contribution in [0.4, 0.5) is 18.0 Å². The van der Waals surface area contributed by atoms with Gasteiger partial charge in [0.2, 0.25) is 0 Å². The monoisotopic (exact) mass is 624 g/mol. The van der Waals surface area contributed by atoms with E-state index in [1.54, 1.807) is 25.1 Å². The normalized spacial score (nSPS) is 21.8. The van der Waals surface area contributed by atoms with Crippen LogP contribution in [0.5, 0.6) is 0 Å². The number of aromatic nitrogens is 1. The number of alkyl halides is 3. The highest BCUT2D eigenvalue weighted by Crippen LogP contribution is 2.43. The van der Waals surface area contributed by atoms with E-state index in [1.807, 2.05) is 0 Å². The number of nitrogens with zero attached hydrogens (tertiary/aromatic N) is 2. The average molecular weight is 625 g/mol. The number of ether oxygens (including phenoxy) is 1. The van der Waals surface area contributed by atoms with Crippen molar-refractivity contribution in [2.45, 2.75) is 76.2 Å². The summed E-state index contributed by atoms with van der Waals surface area (Å²) in [5.41, 5.74) is 7.70. The van der Waals surface area contributed by atoms with Gasteiger partial charge >= 0.3 is 12.3 Å². The van der Waals surface area contributed by atoms with Crippen LogP contribution in [0.3, 0.4) is 0 Å². The van der Waals surface area contributed by atoms with Crippen molar-refractivity contribution in [2.24, 2.45) is 23.5 Å². The van der Waals surface area contributed by atoms with Crippen molar-refractivity contribution in [1.29, 1.82) is 0 Å². The van der Waals surface area contributed by atoms with Crippen LogP contribution >= 0.6 is 0 Å². The molecule has 0 unspecified atom stereocenters. The molecule has 1 aliphatic heterocycles. The number of benzene rings is 1. The molecule has 1 aromatic heterocycles. The zero-order chi connectivity index (χ0) is 31.5. The molecular formula is C30H39F3N4O5S. The molecule has 43 heavy (non-hydrogen) atoms. The molecule has 1 aliphatic carbocycles. The van der Waals surface area contributed by atoms with Crippen molar-refractivity contribution in [3.05, 3.63) is 58.9 Å².